The van der Waals surface area contributed by atoms with Gasteiger partial charge in [-0.15, -0.1) is 0 Å². The Labute approximate surface area is 136 Å². The molecule has 1 aromatic carbocycles. The standard InChI is InChI=1S/C18H25FN2O2/c1-13(14-6-7-16(22)15(19)12-14)20-17(23)18(8-2-3-9-18)21-10-4-5-11-21/h6-7,12-13,22H,2-5,8-11H2,1H3,(H,20,23). The Kier molecular flexibility index (Phi) is 4.57. The van der Waals surface area contributed by atoms with Gasteiger partial charge in [0.1, 0.15) is 5.54 Å². The Morgan fingerprint density at radius 3 is 2.52 bits per heavy atom. The molecule has 0 aromatic heterocycles. The van der Waals surface area contributed by atoms with Crippen LogP contribution >= 0.6 is 0 Å². The zero-order valence-corrected chi connectivity index (χ0v) is 13.6. The van der Waals surface area contributed by atoms with Gasteiger partial charge in [0.05, 0.1) is 6.04 Å². The maximum atomic E-state index is 13.5. The number of hydrogen-bond acceptors (Lipinski definition) is 3. The van der Waals surface area contributed by atoms with Crippen LogP contribution in [0.2, 0.25) is 0 Å². The molecule has 1 atom stereocenters. The first-order valence-corrected chi connectivity index (χ1v) is 8.57. The Hall–Kier alpha value is -1.62. The van der Waals surface area contributed by atoms with Gasteiger partial charge in [0.2, 0.25) is 5.91 Å². The fraction of sp³-hybridized carbons (Fsp3) is 0.611. The van der Waals surface area contributed by atoms with Gasteiger partial charge in [0, 0.05) is 0 Å². The van der Waals surface area contributed by atoms with Crippen LogP contribution in [-0.2, 0) is 4.79 Å². The maximum absolute atomic E-state index is 13.5. The minimum absolute atomic E-state index is 0.0675. The van der Waals surface area contributed by atoms with Gasteiger partial charge >= 0.3 is 0 Å². The summed E-state index contributed by atoms with van der Waals surface area (Å²) in [5, 5.41) is 12.4. The summed E-state index contributed by atoms with van der Waals surface area (Å²) in [5.41, 5.74) is 0.295. The number of nitrogens with one attached hydrogen (secondary N) is 1. The van der Waals surface area contributed by atoms with Crippen molar-refractivity contribution in [1.82, 2.24) is 10.2 Å². The number of phenolic OH excluding ortho intramolecular Hbond substituents is 1. The molecule has 2 fully saturated rings. The summed E-state index contributed by atoms with van der Waals surface area (Å²) in [6.07, 6.45) is 6.32. The van der Waals surface area contributed by atoms with Gasteiger partial charge in [-0.25, -0.2) is 4.39 Å². The van der Waals surface area contributed by atoms with Gasteiger partial charge in [-0.05, 0) is 63.4 Å². The van der Waals surface area contributed by atoms with E-state index in [0.29, 0.717) is 5.56 Å². The van der Waals surface area contributed by atoms with Gasteiger partial charge in [-0.2, -0.15) is 0 Å². The Morgan fingerprint density at radius 2 is 1.91 bits per heavy atom. The van der Waals surface area contributed by atoms with Gasteiger partial charge in [-0.3, -0.25) is 9.69 Å². The quantitative estimate of drug-likeness (QED) is 0.896. The van der Waals surface area contributed by atoms with Crippen molar-refractivity contribution < 1.29 is 14.3 Å². The normalized spacial score (nSPS) is 22.2. The molecule has 1 aliphatic carbocycles. The number of nitrogens with zero attached hydrogens (tertiary/aromatic N) is 1. The summed E-state index contributed by atoms with van der Waals surface area (Å²) in [6.45, 7) is 3.85. The molecule has 0 radical (unpaired) electrons. The molecule has 5 heteroatoms. The van der Waals surface area contributed by atoms with Crippen molar-refractivity contribution in [3.05, 3.63) is 29.6 Å². The largest absolute Gasteiger partial charge is 0.505 e. The van der Waals surface area contributed by atoms with Crippen molar-refractivity contribution in [1.29, 1.82) is 0 Å². The van der Waals surface area contributed by atoms with Crippen LogP contribution in [0.25, 0.3) is 0 Å². The second-order valence-corrected chi connectivity index (χ2v) is 6.84. The number of phenols is 1. The fourth-order valence-corrected chi connectivity index (χ4v) is 4.00. The van der Waals surface area contributed by atoms with E-state index in [1.807, 2.05) is 6.92 Å². The van der Waals surface area contributed by atoms with Crippen LogP contribution in [0.5, 0.6) is 5.75 Å². The summed E-state index contributed by atoms with van der Waals surface area (Å²) in [6, 6.07) is 3.99. The van der Waals surface area contributed by atoms with Crippen LogP contribution < -0.4 is 5.32 Å². The summed E-state index contributed by atoms with van der Waals surface area (Å²) >= 11 is 0. The second kappa shape index (κ2) is 6.48. The molecule has 4 nitrogen and oxygen atoms in total. The molecule has 1 saturated carbocycles. The Morgan fingerprint density at radius 1 is 1.26 bits per heavy atom. The smallest absolute Gasteiger partial charge is 0.240 e. The molecule has 2 N–H and O–H groups in total. The molecule has 1 saturated heterocycles. The van der Waals surface area contributed by atoms with Crippen molar-refractivity contribution in [2.45, 2.75) is 57.0 Å². The molecule has 1 aliphatic heterocycles. The van der Waals surface area contributed by atoms with E-state index in [1.54, 1.807) is 6.07 Å². The van der Waals surface area contributed by atoms with Crippen molar-refractivity contribution in [2.75, 3.05) is 13.1 Å². The third kappa shape index (κ3) is 3.07. The highest BCUT2D eigenvalue weighted by molar-refractivity contribution is 5.87. The number of amides is 1. The van der Waals surface area contributed by atoms with E-state index in [-0.39, 0.29) is 23.2 Å². The number of hydrogen-bond donors (Lipinski definition) is 2. The van der Waals surface area contributed by atoms with Crippen molar-refractivity contribution in [3.63, 3.8) is 0 Å². The highest BCUT2D eigenvalue weighted by atomic mass is 19.1. The minimum atomic E-state index is -0.654. The topological polar surface area (TPSA) is 52.6 Å². The van der Waals surface area contributed by atoms with Gasteiger partial charge in [-0.1, -0.05) is 18.9 Å². The lowest BCUT2D eigenvalue weighted by molar-refractivity contribution is -0.133. The van der Waals surface area contributed by atoms with E-state index in [0.717, 1.165) is 51.6 Å². The van der Waals surface area contributed by atoms with Gasteiger partial charge in [0.25, 0.3) is 0 Å². The molecule has 1 heterocycles. The van der Waals surface area contributed by atoms with Crippen LogP contribution in [0, 0.1) is 5.82 Å². The Bertz CT molecular complexity index is 578. The third-order valence-electron chi connectivity index (χ3n) is 5.38. The number of likely N-dealkylation sites (tertiary alicyclic amines) is 1. The third-order valence-corrected chi connectivity index (χ3v) is 5.38. The fourth-order valence-electron chi connectivity index (χ4n) is 4.00. The predicted molar refractivity (Wildman–Crippen MR) is 86.6 cm³/mol. The summed E-state index contributed by atoms with van der Waals surface area (Å²) in [7, 11) is 0. The molecular formula is C18H25FN2O2. The summed E-state index contributed by atoms with van der Waals surface area (Å²) < 4.78 is 13.5. The summed E-state index contributed by atoms with van der Waals surface area (Å²) in [5.74, 6) is -0.951. The maximum Gasteiger partial charge on any atom is 0.240 e. The number of benzene rings is 1. The van der Waals surface area contributed by atoms with E-state index in [4.69, 9.17) is 0 Å². The molecule has 2 aliphatic rings. The van der Waals surface area contributed by atoms with Crippen molar-refractivity contribution >= 4 is 5.91 Å². The minimum Gasteiger partial charge on any atom is -0.505 e. The average molecular weight is 320 g/mol. The molecule has 0 spiro atoms. The molecule has 0 bridgehead atoms. The molecule has 1 amide bonds. The van der Waals surface area contributed by atoms with E-state index in [9.17, 15) is 14.3 Å². The lowest BCUT2D eigenvalue weighted by atomic mass is 9.93. The second-order valence-electron chi connectivity index (χ2n) is 6.84. The molecule has 1 unspecified atom stereocenters. The lowest BCUT2D eigenvalue weighted by Gasteiger charge is -2.38. The zero-order valence-electron chi connectivity index (χ0n) is 13.6. The summed E-state index contributed by atoms with van der Waals surface area (Å²) in [4.78, 5) is 15.3. The highest BCUT2D eigenvalue weighted by Gasteiger charge is 2.47. The van der Waals surface area contributed by atoms with Crippen molar-refractivity contribution in [2.24, 2.45) is 0 Å². The monoisotopic (exact) mass is 320 g/mol. The average Bonchev–Trinajstić information content (AvgIpc) is 3.21. The number of carbonyl (C=O) groups is 1. The molecule has 1 aromatic rings. The van der Waals surface area contributed by atoms with Crippen LogP contribution in [0.3, 0.4) is 0 Å². The number of carbonyl (C=O) groups excluding carboxylic acids is 1. The molecule has 126 valence electrons. The van der Waals surface area contributed by atoms with E-state index >= 15 is 0 Å². The van der Waals surface area contributed by atoms with Gasteiger partial charge in [0.15, 0.2) is 11.6 Å². The van der Waals surface area contributed by atoms with Crippen LogP contribution in [-0.4, -0.2) is 34.5 Å². The molecule has 3 rings (SSSR count). The number of halogens is 1. The van der Waals surface area contributed by atoms with E-state index < -0.39 is 5.82 Å². The van der Waals surface area contributed by atoms with Crippen molar-refractivity contribution in [3.8, 4) is 5.75 Å². The van der Waals surface area contributed by atoms with Crippen LogP contribution in [0.4, 0.5) is 4.39 Å². The number of aromatic hydroxyl groups is 1. The van der Waals surface area contributed by atoms with Crippen LogP contribution in [0.1, 0.15) is 57.1 Å². The number of rotatable bonds is 4. The predicted octanol–water partition coefficient (Wildman–Crippen LogP) is 3.12. The first-order valence-electron chi connectivity index (χ1n) is 8.57. The first kappa shape index (κ1) is 16.2. The first-order chi connectivity index (χ1) is 11.0. The van der Waals surface area contributed by atoms with E-state index in [1.165, 1.54) is 12.1 Å². The highest BCUT2D eigenvalue weighted by Crippen LogP contribution is 2.38. The van der Waals surface area contributed by atoms with Gasteiger partial charge < -0.3 is 10.4 Å². The molecule has 23 heavy (non-hydrogen) atoms. The lowest BCUT2D eigenvalue weighted by Crippen LogP contribution is -2.56. The Balaban J connectivity index is 1.74. The molecular weight excluding hydrogens is 295 g/mol. The van der Waals surface area contributed by atoms with Crippen LogP contribution in [0.15, 0.2) is 18.2 Å². The zero-order chi connectivity index (χ0) is 16.4. The SMILES string of the molecule is CC(NC(=O)C1(N2CCCC2)CCCC1)c1ccc(O)c(F)c1. The van der Waals surface area contributed by atoms with E-state index in [2.05, 4.69) is 10.2 Å².